The molecule has 1 unspecified atom stereocenters. The van der Waals surface area contributed by atoms with E-state index < -0.39 is 34.8 Å². The third kappa shape index (κ3) is 6.16. The number of carbonyl (C=O) groups is 3. The molecule has 0 aliphatic heterocycles. The quantitative estimate of drug-likeness (QED) is 0.539. The first-order chi connectivity index (χ1) is 16.1. The van der Waals surface area contributed by atoms with E-state index in [9.17, 15) is 23.3 Å². The van der Waals surface area contributed by atoms with E-state index >= 15 is 0 Å². The van der Waals surface area contributed by atoms with Gasteiger partial charge in [-0.3, -0.25) is 14.4 Å². The van der Waals surface area contributed by atoms with Crippen molar-refractivity contribution in [2.24, 2.45) is 5.73 Å². The number of allylic oxidation sites excluding steroid dienone is 3. The van der Waals surface area contributed by atoms with Gasteiger partial charge in [0.15, 0.2) is 10.0 Å². The van der Waals surface area contributed by atoms with Crippen molar-refractivity contribution in [1.29, 1.82) is 0 Å². The van der Waals surface area contributed by atoms with E-state index in [0.717, 1.165) is 38.9 Å². The van der Waals surface area contributed by atoms with Gasteiger partial charge in [-0.15, -0.1) is 0 Å². The zero-order valence-electron chi connectivity index (χ0n) is 19.0. The smallest absolute Gasteiger partial charge is 0.240 e. The second kappa shape index (κ2) is 11.0. The number of fused-ring (bicyclic) bond motifs is 1. The average molecular weight is 501 g/mol. The topological polar surface area (TPSA) is 112 Å². The van der Waals surface area contributed by atoms with Crippen LogP contribution in [0, 0.1) is 5.82 Å². The van der Waals surface area contributed by atoms with E-state index in [4.69, 9.17) is 5.73 Å². The van der Waals surface area contributed by atoms with Crippen molar-refractivity contribution < 1.29 is 23.3 Å². The van der Waals surface area contributed by atoms with Crippen molar-refractivity contribution in [3.8, 4) is 0 Å². The predicted molar refractivity (Wildman–Crippen MR) is 135 cm³/mol. The van der Waals surface area contributed by atoms with Gasteiger partial charge in [0.2, 0.25) is 11.8 Å². The van der Waals surface area contributed by atoms with Crippen LogP contribution in [0.4, 0.5) is 4.39 Å². The summed E-state index contributed by atoms with van der Waals surface area (Å²) in [6.45, 7) is 3.15. The molecule has 2 aromatic rings. The minimum absolute atomic E-state index is 0.0178. The highest BCUT2D eigenvalue weighted by Crippen LogP contribution is 2.44. The molecule has 1 aliphatic carbocycles. The predicted octanol–water partition coefficient (Wildman–Crippen LogP) is 3.53. The molecule has 0 aromatic heterocycles. The number of nitrogens with two attached hydrogens (primary N) is 1. The number of primary amides is 1. The normalized spacial score (nSPS) is 15.7. The summed E-state index contributed by atoms with van der Waals surface area (Å²) in [6.07, 6.45) is 3.60. The van der Waals surface area contributed by atoms with Crippen molar-refractivity contribution in [3.63, 3.8) is 0 Å². The van der Waals surface area contributed by atoms with E-state index in [-0.39, 0.29) is 17.3 Å². The molecule has 178 valence electrons. The first-order valence-corrected chi connectivity index (χ1v) is 13.0. The van der Waals surface area contributed by atoms with Crippen LogP contribution in [0.5, 0.6) is 0 Å². The average Bonchev–Trinajstić information content (AvgIpc) is 3.01. The van der Waals surface area contributed by atoms with Crippen molar-refractivity contribution >= 4 is 57.1 Å². The zero-order chi connectivity index (χ0) is 25.0. The van der Waals surface area contributed by atoms with Gasteiger partial charge in [-0.05, 0) is 94.0 Å². The number of thioether (sulfide) groups is 1. The van der Waals surface area contributed by atoms with Gasteiger partial charge in [-0.1, -0.05) is 17.8 Å². The standard InChI is InChI=1S/C25H25FN2O4S2/c1-14-20(10-16-4-7-18(8-5-16)34(3)32)19-9-6-17(26)11-22(19)21(14)12-24(30)33-13-23(25(27)31)28-15(2)29/h4-11,23H,12-13H2,1-3H3,(H2,27,31)(H,28,29)/b20-10-/t23-,34?/m1/s1. The Morgan fingerprint density at radius 1 is 1.18 bits per heavy atom. The highest BCUT2D eigenvalue weighted by Gasteiger charge is 2.27. The summed E-state index contributed by atoms with van der Waals surface area (Å²) >= 11 is -0.174. The molecule has 0 bridgehead atoms. The first-order valence-electron chi connectivity index (χ1n) is 10.4. The summed E-state index contributed by atoms with van der Waals surface area (Å²) in [6, 6.07) is 10.9. The van der Waals surface area contributed by atoms with Crippen LogP contribution in [-0.2, 0) is 25.6 Å². The third-order valence-electron chi connectivity index (χ3n) is 5.43. The molecule has 3 N–H and O–H groups in total. The Hall–Kier alpha value is -2.88. The van der Waals surface area contributed by atoms with E-state index in [0.29, 0.717) is 11.1 Å². The minimum atomic E-state index is -1.08. The molecule has 0 saturated heterocycles. The van der Waals surface area contributed by atoms with Gasteiger partial charge in [0.05, 0.1) is 0 Å². The molecule has 9 heteroatoms. The fourth-order valence-corrected chi connectivity index (χ4v) is 5.08. The summed E-state index contributed by atoms with van der Waals surface area (Å²) in [7, 11) is 0. The van der Waals surface area contributed by atoms with Crippen molar-refractivity contribution in [2.45, 2.75) is 31.2 Å². The minimum Gasteiger partial charge on any atom is -0.612 e. The van der Waals surface area contributed by atoms with Crippen LogP contribution in [-0.4, -0.2) is 39.5 Å². The van der Waals surface area contributed by atoms with Crippen LogP contribution in [0.25, 0.3) is 17.2 Å². The van der Waals surface area contributed by atoms with Crippen molar-refractivity contribution in [3.05, 3.63) is 70.5 Å². The van der Waals surface area contributed by atoms with Crippen LogP contribution in [0.15, 0.2) is 52.9 Å². The highest BCUT2D eigenvalue weighted by atomic mass is 32.2. The summed E-state index contributed by atoms with van der Waals surface area (Å²) < 4.78 is 25.7. The maximum atomic E-state index is 14.1. The van der Waals surface area contributed by atoms with Gasteiger partial charge in [0.1, 0.15) is 18.1 Å². The Labute approximate surface area is 205 Å². The van der Waals surface area contributed by atoms with E-state index in [2.05, 4.69) is 5.32 Å². The van der Waals surface area contributed by atoms with Gasteiger partial charge >= 0.3 is 0 Å². The molecule has 2 aromatic carbocycles. The highest BCUT2D eigenvalue weighted by molar-refractivity contribution is 8.13. The second-order valence-corrected chi connectivity index (χ2v) is 10.3. The molecule has 1 aliphatic rings. The number of hydrogen-bond acceptors (Lipinski definition) is 5. The number of hydrogen-bond donors (Lipinski definition) is 2. The van der Waals surface area contributed by atoms with Gasteiger partial charge in [-0.2, -0.15) is 0 Å². The third-order valence-corrected chi connectivity index (χ3v) is 7.33. The summed E-state index contributed by atoms with van der Waals surface area (Å²) in [5.74, 6) is -1.52. The summed E-state index contributed by atoms with van der Waals surface area (Å²) in [5.41, 5.74) is 10.1. The Bertz CT molecular complexity index is 1190. The maximum Gasteiger partial charge on any atom is 0.240 e. The van der Waals surface area contributed by atoms with Crippen LogP contribution in [0.3, 0.4) is 0 Å². The van der Waals surface area contributed by atoms with Crippen molar-refractivity contribution in [2.75, 3.05) is 12.0 Å². The fourth-order valence-electron chi connectivity index (χ4n) is 3.72. The molecular formula is C25H25FN2O4S2. The van der Waals surface area contributed by atoms with Crippen LogP contribution >= 0.6 is 11.8 Å². The maximum absolute atomic E-state index is 14.1. The number of halogens is 1. The number of rotatable bonds is 8. The molecule has 2 amide bonds. The lowest BCUT2D eigenvalue weighted by Crippen LogP contribution is -2.45. The fraction of sp³-hybridized carbons (Fsp3) is 0.240. The van der Waals surface area contributed by atoms with Crippen LogP contribution in [0.2, 0.25) is 0 Å². The van der Waals surface area contributed by atoms with E-state index in [1.807, 2.05) is 25.1 Å². The molecule has 0 radical (unpaired) electrons. The second-order valence-electron chi connectivity index (χ2n) is 7.89. The molecule has 3 rings (SSSR count). The molecule has 34 heavy (non-hydrogen) atoms. The lowest BCUT2D eigenvalue weighted by atomic mass is 10.0. The number of benzene rings is 2. The zero-order valence-corrected chi connectivity index (χ0v) is 20.6. The molecule has 6 nitrogen and oxygen atoms in total. The molecule has 2 atom stereocenters. The lowest BCUT2D eigenvalue weighted by molar-refractivity contribution is -0.125. The molecule has 0 spiro atoms. The summed E-state index contributed by atoms with van der Waals surface area (Å²) in [4.78, 5) is 36.2. The summed E-state index contributed by atoms with van der Waals surface area (Å²) in [5, 5.41) is 2.20. The van der Waals surface area contributed by atoms with E-state index in [1.54, 1.807) is 24.5 Å². The molecule has 0 heterocycles. The van der Waals surface area contributed by atoms with Gasteiger partial charge in [0.25, 0.3) is 0 Å². The van der Waals surface area contributed by atoms with Gasteiger partial charge < -0.3 is 15.6 Å². The molecular weight excluding hydrogens is 475 g/mol. The molecule has 0 saturated carbocycles. The van der Waals surface area contributed by atoms with Gasteiger partial charge in [0, 0.05) is 19.1 Å². The monoisotopic (exact) mass is 500 g/mol. The SMILES string of the molecule is CC(=O)N[C@H](CSC(=O)CC1=C(C)/C(=C/c2ccc([S+](C)[O-])cc2)c2ccc(F)cc21)C(N)=O. The Kier molecular flexibility index (Phi) is 8.35. The van der Waals surface area contributed by atoms with Gasteiger partial charge in [-0.25, -0.2) is 4.39 Å². The lowest BCUT2D eigenvalue weighted by Gasteiger charge is -2.13. The Balaban J connectivity index is 1.86. The number of amides is 2. The van der Waals surface area contributed by atoms with Crippen LogP contribution in [0.1, 0.15) is 37.0 Å². The Morgan fingerprint density at radius 2 is 1.85 bits per heavy atom. The van der Waals surface area contributed by atoms with E-state index in [1.165, 1.54) is 19.1 Å². The number of nitrogens with one attached hydrogen (secondary N) is 1. The molecule has 0 fully saturated rings. The van der Waals surface area contributed by atoms with Crippen molar-refractivity contribution in [1.82, 2.24) is 5.32 Å². The number of carbonyl (C=O) groups excluding carboxylic acids is 3. The Morgan fingerprint density at radius 3 is 2.44 bits per heavy atom. The first kappa shape index (κ1) is 25.7. The van der Waals surface area contributed by atoms with Crippen LogP contribution < -0.4 is 11.1 Å². The largest absolute Gasteiger partial charge is 0.612 e.